The van der Waals surface area contributed by atoms with Crippen molar-refractivity contribution < 1.29 is 14.3 Å². The van der Waals surface area contributed by atoms with Gasteiger partial charge in [0.1, 0.15) is 5.75 Å². The van der Waals surface area contributed by atoms with Crippen molar-refractivity contribution in [1.82, 2.24) is 0 Å². The minimum absolute atomic E-state index is 0.0350. The van der Waals surface area contributed by atoms with Gasteiger partial charge in [-0.05, 0) is 49.1 Å². The number of carbonyl (C=O) groups excluding carboxylic acids is 2. The molecule has 0 saturated heterocycles. The molecule has 2 aromatic rings. The van der Waals surface area contributed by atoms with E-state index in [1.807, 2.05) is 24.3 Å². The Bertz CT molecular complexity index is 740. The fourth-order valence-corrected chi connectivity index (χ4v) is 3.23. The molecule has 0 aliphatic heterocycles. The topological polar surface area (TPSA) is 67.4 Å². The molecule has 1 aliphatic carbocycles. The highest BCUT2D eigenvalue weighted by Crippen LogP contribution is 2.28. The second-order valence-electron chi connectivity index (χ2n) is 6.63. The van der Waals surface area contributed by atoms with Gasteiger partial charge in [-0.3, -0.25) is 9.59 Å². The summed E-state index contributed by atoms with van der Waals surface area (Å²) < 4.78 is 5.43. The Morgan fingerprint density at radius 2 is 1.54 bits per heavy atom. The van der Waals surface area contributed by atoms with Crippen molar-refractivity contribution in [3.05, 3.63) is 54.6 Å². The van der Waals surface area contributed by atoms with Gasteiger partial charge in [0, 0.05) is 17.8 Å². The van der Waals surface area contributed by atoms with Crippen LogP contribution in [0.4, 0.5) is 11.4 Å². The fraction of sp³-hybridized carbons (Fsp3) is 0.333. The van der Waals surface area contributed by atoms with Crippen LogP contribution in [0.25, 0.3) is 0 Å². The van der Waals surface area contributed by atoms with Gasteiger partial charge in [-0.25, -0.2) is 0 Å². The first-order valence-electron chi connectivity index (χ1n) is 9.06. The van der Waals surface area contributed by atoms with E-state index in [9.17, 15) is 9.59 Å². The van der Waals surface area contributed by atoms with Crippen LogP contribution in [0, 0.1) is 5.92 Å². The molecule has 1 saturated carbocycles. The average molecular weight is 352 g/mol. The van der Waals surface area contributed by atoms with Gasteiger partial charge in [-0.1, -0.05) is 37.1 Å². The SMILES string of the molecule is O=C(COc1ccccc1)Nc1cccc(NC(=O)CC2CCCC2)c1. The quantitative estimate of drug-likeness (QED) is 0.784. The predicted octanol–water partition coefficient (Wildman–Crippen LogP) is 4.22. The minimum atomic E-state index is -0.247. The lowest BCUT2D eigenvalue weighted by Gasteiger charge is -2.11. The third kappa shape index (κ3) is 5.62. The summed E-state index contributed by atoms with van der Waals surface area (Å²) in [4.78, 5) is 24.2. The highest BCUT2D eigenvalue weighted by atomic mass is 16.5. The van der Waals surface area contributed by atoms with Crippen molar-refractivity contribution in [1.29, 1.82) is 0 Å². The van der Waals surface area contributed by atoms with Crippen LogP contribution in [-0.4, -0.2) is 18.4 Å². The Balaban J connectivity index is 1.48. The van der Waals surface area contributed by atoms with Crippen molar-refractivity contribution in [2.24, 2.45) is 5.92 Å². The van der Waals surface area contributed by atoms with E-state index in [2.05, 4.69) is 10.6 Å². The highest BCUT2D eigenvalue weighted by Gasteiger charge is 2.18. The van der Waals surface area contributed by atoms with E-state index in [1.54, 1.807) is 30.3 Å². The van der Waals surface area contributed by atoms with Gasteiger partial charge in [-0.2, -0.15) is 0 Å². The van der Waals surface area contributed by atoms with Crippen LogP contribution in [0.2, 0.25) is 0 Å². The molecule has 0 atom stereocenters. The zero-order valence-corrected chi connectivity index (χ0v) is 14.7. The zero-order chi connectivity index (χ0) is 18.2. The lowest BCUT2D eigenvalue weighted by atomic mass is 10.0. The molecule has 3 rings (SSSR count). The van der Waals surface area contributed by atoms with Gasteiger partial charge in [0.15, 0.2) is 6.61 Å². The fourth-order valence-electron chi connectivity index (χ4n) is 3.23. The number of ether oxygens (including phenoxy) is 1. The molecule has 0 unspecified atom stereocenters. The molecule has 2 amide bonds. The monoisotopic (exact) mass is 352 g/mol. The van der Waals surface area contributed by atoms with E-state index in [1.165, 1.54) is 12.8 Å². The summed E-state index contributed by atoms with van der Waals surface area (Å²) in [6.45, 7) is -0.0672. The van der Waals surface area contributed by atoms with Gasteiger partial charge >= 0.3 is 0 Å². The second kappa shape index (κ2) is 9.04. The number of benzene rings is 2. The van der Waals surface area contributed by atoms with Gasteiger partial charge in [-0.15, -0.1) is 0 Å². The molecule has 2 N–H and O–H groups in total. The Morgan fingerprint density at radius 3 is 2.23 bits per heavy atom. The van der Waals surface area contributed by atoms with Crippen molar-refractivity contribution in [3.63, 3.8) is 0 Å². The summed E-state index contributed by atoms with van der Waals surface area (Å²) in [5.41, 5.74) is 1.32. The molecule has 2 aromatic carbocycles. The molecule has 5 nitrogen and oxygen atoms in total. The van der Waals surface area contributed by atoms with Crippen molar-refractivity contribution >= 4 is 23.2 Å². The number of rotatable bonds is 7. The number of nitrogens with one attached hydrogen (secondary N) is 2. The Morgan fingerprint density at radius 1 is 0.885 bits per heavy atom. The molecule has 5 heteroatoms. The predicted molar refractivity (Wildman–Crippen MR) is 102 cm³/mol. The summed E-state index contributed by atoms with van der Waals surface area (Å²) >= 11 is 0. The number of hydrogen-bond acceptors (Lipinski definition) is 3. The summed E-state index contributed by atoms with van der Waals surface area (Å²) in [5.74, 6) is 0.944. The molecule has 1 fully saturated rings. The molecular formula is C21H24N2O3. The van der Waals surface area contributed by atoms with Crippen LogP contribution in [0.3, 0.4) is 0 Å². The third-order valence-corrected chi connectivity index (χ3v) is 4.49. The third-order valence-electron chi connectivity index (χ3n) is 4.49. The van der Waals surface area contributed by atoms with E-state index in [-0.39, 0.29) is 18.4 Å². The maximum Gasteiger partial charge on any atom is 0.262 e. The van der Waals surface area contributed by atoms with Crippen LogP contribution in [-0.2, 0) is 9.59 Å². The summed E-state index contributed by atoms with van der Waals surface area (Å²) in [5, 5.41) is 5.70. The average Bonchev–Trinajstić information content (AvgIpc) is 3.14. The molecule has 26 heavy (non-hydrogen) atoms. The number of amides is 2. The summed E-state index contributed by atoms with van der Waals surface area (Å²) in [7, 11) is 0. The normalized spacial score (nSPS) is 14.0. The minimum Gasteiger partial charge on any atom is -0.484 e. The molecule has 0 aromatic heterocycles. The number of para-hydroxylation sites is 1. The highest BCUT2D eigenvalue weighted by molar-refractivity contribution is 5.94. The van der Waals surface area contributed by atoms with Gasteiger partial charge < -0.3 is 15.4 Å². The first-order chi connectivity index (χ1) is 12.7. The molecular weight excluding hydrogens is 328 g/mol. The largest absolute Gasteiger partial charge is 0.484 e. The number of anilines is 2. The lowest BCUT2D eigenvalue weighted by Crippen LogP contribution is -2.20. The zero-order valence-electron chi connectivity index (χ0n) is 14.7. The molecule has 136 valence electrons. The Kier molecular flexibility index (Phi) is 6.25. The Labute approximate surface area is 153 Å². The smallest absolute Gasteiger partial charge is 0.262 e. The maximum atomic E-state index is 12.1. The number of hydrogen-bond donors (Lipinski definition) is 2. The summed E-state index contributed by atoms with van der Waals surface area (Å²) in [6, 6.07) is 16.4. The van der Waals surface area contributed by atoms with Crippen molar-refractivity contribution in [2.75, 3.05) is 17.2 Å². The van der Waals surface area contributed by atoms with Gasteiger partial charge in [0.25, 0.3) is 5.91 Å². The van der Waals surface area contributed by atoms with Crippen molar-refractivity contribution in [3.8, 4) is 5.75 Å². The Hall–Kier alpha value is -2.82. The lowest BCUT2D eigenvalue weighted by molar-refractivity contribution is -0.118. The summed E-state index contributed by atoms with van der Waals surface area (Å²) in [6.07, 6.45) is 5.31. The molecule has 0 radical (unpaired) electrons. The van der Waals surface area contributed by atoms with Crippen molar-refractivity contribution in [2.45, 2.75) is 32.1 Å². The molecule has 0 bridgehead atoms. The van der Waals surface area contributed by atoms with E-state index >= 15 is 0 Å². The first kappa shape index (κ1) is 18.0. The molecule has 0 spiro atoms. The van der Waals surface area contributed by atoms with Gasteiger partial charge in [0.05, 0.1) is 0 Å². The molecule has 1 aliphatic rings. The van der Waals surface area contributed by atoms with E-state index < -0.39 is 0 Å². The first-order valence-corrected chi connectivity index (χ1v) is 9.06. The molecule has 0 heterocycles. The maximum absolute atomic E-state index is 12.1. The van der Waals surface area contributed by atoms with Crippen LogP contribution < -0.4 is 15.4 Å². The van der Waals surface area contributed by atoms with Crippen LogP contribution in [0.5, 0.6) is 5.75 Å². The van der Waals surface area contributed by atoms with Crippen LogP contribution >= 0.6 is 0 Å². The van der Waals surface area contributed by atoms with Crippen LogP contribution in [0.1, 0.15) is 32.1 Å². The van der Waals surface area contributed by atoms with Crippen LogP contribution in [0.15, 0.2) is 54.6 Å². The number of carbonyl (C=O) groups is 2. The second-order valence-corrected chi connectivity index (χ2v) is 6.63. The van der Waals surface area contributed by atoms with Gasteiger partial charge in [0.2, 0.25) is 5.91 Å². The van der Waals surface area contributed by atoms with E-state index in [4.69, 9.17) is 4.74 Å². The standard InChI is InChI=1S/C21H24N2O3/c24-20(13-16-7-4-5-8-16)22-17-9-6-10-18(14-17)23-21(25)15-26-19-11-2-1-3-12-19/h1-3,6,9-12,14,16H,4-5,7-8,13,15H2,(H,22,24)(H,23,25). The van der Waals surface area contributed by atoms with E-state index in [0.29, 0.717) is 29.5 Å². The van der Waals surface area contributed by atoms with E-state index in [0.717, 1.165) is 12.8 Å².